The van der Waals surface area contributed by atoms with Gasteiger partial charge in [-0.1, -0.05) is 0 Å². The Balaban J connectivity index is 2.56. The standard InChI is InChI=1S/C13H14BrClFN3O/c1-3-17-12(20)6-19-11-4-8(14)9(16)5-10(11)18-13(19)7(2)15/h4-5,7H,3,6H2,1-2H3,(H,17,20). The second-order valence-corrected chi connectivity index (χ2v) is 5.89. The molecular weight excluding hydrogens is 349 g/mol. The van der Waals surface area contributed by atoms with Gasteiger partial charge in [-0.3, -0.25) is 4.79 Å². The number of carbonyl (C=O) groups excluding carboxylic acids is 1. The summed E-state index contributed by atoms with van der Waals surface area (Å²) in [6.07, 6.45) is 0. The number of halogens is 3. The van der Waals surface area contributed by atoms with Gasteiger partial charge in [0.1, 0.15) is 18.2 Å². The van der Waals surface area contributed by atoms with Gasteiger partial charge in [0, 0.05) is 12.6 Å². The van der Waals surface area contributed by atoms with Crippen LogP contribution in [-0.4, -0.2) is 22.0 Å². The number of rotatable bonds is 4. The molecule has 0 saturated heterocycles. The van der Waals surface area contributed by atoms with Gasteiger partial charge in [-0.2, -0.15) is 0 Å². The summed E-state index contributed by atoms with van der Waals surface area (Å²) >= 11 is 9.24. The van der Waals surface area contributed by atoms with E-state index in [1.165, 1.54) is 6.07 Å². The second kappa shape index (κ2) is 6.10. The molecule has 1 heterocycles. The molecule has 0 aliphatic rings. The summed E-state index contributed by atoms with van der Waals surface area (Å²) in [7, 11) is 0. The van der Waals surface area contributed by atoms with Crippen molar-refractivity contribution >= 4 is 44.5 Å². The Labute approximate surface area is 129 Å². The molecule has 0 fully saturated rings. The highest BCUT2D eigenvalue weighted by Crippen LogP contribution is 2.28. The summed E-state index contributed by atoms with van der Waals surface area (Å²) in [5.41, 5.74) is 1.16. The van der Waals surface area contributed by atoms with Crippen molar-refractivity contribution in [2.75, 3.05) is 6.54 Å². The molecule has 2 aromatic rings. The van der Waals surface area contributed by atoms with Crippen molar-refractivity contribution in [2.24, 2.45) is 0 Å². The van der Waals surface area contributed by atoms with Gasteiger partial charge >= 0.3 is 0 Å². The van der Waals surface area contributed by atoms with E-state index in [0.717, 1.165) is 0 Å². The Kier molecular flexibility index (Phi) is 4.65. The van der Waals surface area contributed by atoms with E-state index < -0.39 is 5.82 Å². The van der Waals surface area contributed by atoms with Crippen molar-refractivity contribution in [3.8, 4) is 0 Å². The Morgan fingerprint density at radius 1 is 1.60 bits per heavy atom. The fourth-order valence-electron chi connectivity index (χ4n) is 2.01. The molecule has 7 heteroatoms. The first-order valence-electron chi connectivity index (χ1n) is 6.20. The minimum absolute atomic E-state index is 0.106. The van der Waals surface area contributed by atoms with Crippen LogP contribution in [0.5, 0.6) is 0 Å². The molecule has 20 heavy (non-hydrogen) atoms. The van der Waals surface area contributed by atoms with E-state index in [0.29, 0.717) is 27.9 Å². The largest absolute Gasteiger partial charge is 0.355 e. The first kappa shape index (κ1) is 15.3. The van der Waals surface area contributed by atoms with Gasteiger partial charge in [-0.25, -0.2) is 9.37 Å². The fourth-order valence-corrected chi connectivity index (χ4v) is 2.50. The first-order chi connectivity index (χ1) is 9.43. The first-order valence-corrected chi connectivity index (χ1v) is 7.43. The third-order valence-corrected chi connectivity index (χ3v) is 3.65. The van der Waals surface area contributed by atoms with Crippen LogP contribution in [0, 0.1) is 5.82 Å². The molecular formula is C13H14BrClFN3O. The summed E-state index contributed by atoms with van der Waals surface area (Å²) in [6, 6.07) is 2.94. The number of carbonyl (C=O) groups is 1. The van der Waals surface area contributed by atoms with Crippen LogP contribution in [0.1, 0.15) is 25.0 Å². The van der Waals surface area contributed by atoms with Gasteiger partial charge in [-0.05, 0) is 35.8 Å². The normalized spacial score (nSPS) is 12.7. The zero-order chi connectivity index (χ0) is 14.9. The summed E-state index contributed by atoms with van der Waals surface area (Å²) in [6.45, 7) is 4.27. The van der Waals surface area contributed by atoms with Crippen LogP contribution >= 0.6 is 27.5 Å². The van der Waals surface area contributed by atoms with Crippen LogP contribution in [0.3, 0.4) is 0 Å². The van der Waals surface area contributed by atoms with Crippen LogP contribution in [0.4, 0.5) is 4.39 Å². The molecule has 0 aliphatic heterocycles. The number of aromatic nitrogens is 2. The summed E-state index contributed by atoms with van der Waals surface area (Å²) in [4.78, 5) is 16.1. The van der Waals surface area contributed by atoms with Gasteiger partial charge in [0.15, 0.2) is 0 Å². The zero-order valence-corrected chi connectivity index (χ0v) is 13.4. The van der Waals surface area contributed by atoms with Crippen molar-refractivity contribution in [1.29, 1.82) is 0 Å². The predicted molar refractivity (Wildman–Crippen MR) is 80.3 cm³/mol. The van der Waals surface area contributed by atoms with E-state index >= 15 is 0 Å². The van der Waals surface area contributed by atoms with Crippen molar-refractivity contribution < 1.29 is 9.18 Å². The highest BCUT2D eigenvalue weighted by Gasteiger charge is 2.18. The van der Waals surface area contributed by atoms with Crippen LogP contribution in [0.25, 0.3) is 11.0 Å². The van der Waals surface area contributed by atoms with Gasteiger partial charge in [0.25, 0.3) is 0 Å². The zero-order valence-electron chi connectivity index (χ0n) is 11.1. The van der Waals surface area contributed by atoms with E-state index in [1.807, 2.05) is 6.92 Å². The predicted octanol–water partition coefficient (Wildman–Crippen LogP) is 3.37. The molecule has 1 aromatic heterocycles. The quantitative estimate of drug-likeness (QED) is 0.848. The number of alkyl halides is 1. The summed E-state index contributed by atoms with van der Waals surface area (Å²) in [5.74, 6) is 0.0187. The van der Waals surface area contributed by atoms with E-state index in [9.17, 15) is 9.18 Å². The van der Waals surface area contributed by atoms with Crippen LogP contribution in [0.2, 0.25) is 0 Å². The molecule has 108 valence electrons. The Bertz CT molecular complexity index is 657. The van der Waals surface area contributed by atoms with Gasteiger partial charge in [-0.15, -0.1) is 11.6 Å². The lowest BCUT2D eigenvalue weighted by atomic mass is 10.3. The van der Waals surface area contributed by atoms with Crippen LogP contribution < -0.4 is 5.32 Å². The Morgan fingerprint density at radius 3 is 2.90 bits per heavy atom. The number of benzene rings is 1. The topological polar surface area (TPSA) is 46.9 Å². The number of fused-ring (bicyclic) bond motifs is 1. The highest BCUT2D eigenvalue weighted by atomic mass is 79.9. The van der Waals surface area contributed by atoms with Crippen molar-refractivity contribution in [2.45, 2.75) is 25.8 Å². The minimum atomic E-state index is -0.395. The lowest BCUT2D eigenvalue weighted by Gasteiger charge is -2.10. The molecule has 1 aromatic carbocycles. The maximum atomic E-state index is 13.6. The minimum Gasteiger partial charge on any atom is -0.355 e. The molecule has 1 unspecified atom stereocenters. The summed E-state index contributed by atoms with van der Waals surface area (Å²) in [5, 5.41) is 2.35. The molecule has 1 N–H and O–H groups in total. The number of imidazole rings is 1. The number of likely N-dealkylation sites (N-methyl/N-ethyl adjacent to an activating group) is 1. The molecule has 1 atom stereocenters. The molecule has 0 saturated carbocycles. The average Bonchev–Trinajstić information content (AvgIpc) is 2.69. The van der Waals surface area contributed by atoms with Crippen LogP contribution in [-0.2, 0) is 11.3 Å². The molecule has 0 spiro atoms. The molecule has 0 bridgehead atoms. The SMILES string of the molecule is CCNC(=O)Cn1c(C(C)Cl)nc2cc(F)c(Br)cc21. The van der Waals surface area contributed by atoms with E-state index in [4.69, 9.17) is 11.6 Å². The van der Waals surface area contributed by atoms with Crippen molar-refractivity contribution in [1.82, 2.24) is 14.9 Å². The lowest BCUT2D eigenvalue weighted by Crippen LogP contribution is -2.27. The van der Waals surface area contributed by atoms with E-state index in [1.54, 1.807) is 17.6 Å². The maximum absolute atomic E-state index is 13.6. The number of hydrogen-bond donors (Lipinski definition) is 1. The smallest absolute Gasteiger partial charge is 0.239 e. The van der Waals surface area contributed by atoms with Gasteiger partial charge in [0.05, 0.1) is 20.9 Å². The average molecular weight is 363 g/mol. The summed E-state index contributed by atoms with van der Waals surface area (Å²) < 4.78 is 15.6. The van der Waals surface area contributed by atoms with E-state index in [-0.39, 0.29) is 17.8 Å². The van der Waals surface area contributed by atoms with Gasteiger partial charge in [0.2, 0.25) is 5.91 Å². The molecule has 2 rings (SSSR count). The molecule has 0 aliphatic carbocycles. The van der Waals surface area contributed by atoms with Crippen molar-refractivity contribution in [3.05, 3.63) is 28.2 Å². The number of hydrogen-bond acceptors (Lipinski definition) is 2. The third-order valence-electron chi connectivity index (χ3n) is 2.85. The second-order valence-electron chi connectivity index (χ2n) is 4.38. The monoisotopic (exact) mass is 361 g/mol. The fraction of sp³-hybridized carbons (Fsp3) is 0.385. The lowest BCUT2D eigenvalue weighted by molar-refractivity contribution is -0.121. The maximum Gasteiger partial charge on any atom is 0.239 e. The van der Waals surface area contributed by atoms with Crippen LogP contribution in [0.15, 0.2) is 16.6 Å². The van der Waals surface area contributed by atoms with E-state index in [2.05, 4.69) is 26.2 Å². The highest BCUT2D eigenvalue weighted by molar-refractivity contribution is 9.10. The molecule has 4 nitrogen and oxygen atoms in total. The third kappa shape index (κ3) is 2.96. The Hall–Kier alpha value is -1.14. The number of nitrogens with zero attached hydrogens (tertiary/aromatic N) is 2. The Morgan fingerprint density at radius 2 is 2.30 bits per heavy atom. The number of amides is 1. The molecule has 0 radical (unpaired) electrons. The molecule has 1 amide bonds. The van der Waals surface area contributed by atoms with Crippen molar-refractivity contribution in [3.63, 3.8) is 0 Å². The number of nitrogens with one attached hydrogen (secondary N) is 1. The van der Waals surface area contributed by atoms with Gasteiger partial charge < -0.3 is 9.88 Å².